The quantitative estimate of drug-likeness (QED) is 0.343. The molecule has 0 bridgehead atoms. The molecule has 5 rings (SSSR count). The lowest BCUT2D eigenvalue weighted by molar-refractivity contribution is 0.443. The predicted molar refractivity (Wildman–Crippen MR) is 126 cm³/mol. The molecule has 0 radical (unpaired) electrons. The predicted octanol–water partition coefficient (Wildman–Crippen LogP) is 8.13. The van der Waals surface area contributed by atoms with Crippen LogP contribution in [0.2, 0.25) is 0 Å². The van der Waals surface area contributed by atoms with Gasteiger partial charge in [-0.1, -0.05) is 98.1 Å². The number of aromatic nitrogens is 1. The lowest BCUT2D eigenvalue weighted by atomic mass is 9.83. The van der Waals surface area contributed by atoms with Gasteiger partial charge in [-0.05, 0) is 58.7 Å². The van der Waals surface area contributed by atoms with Crippen LogP contribution in [-0.2, 0) is 0 Å². The third-order valence-electron chi connectivity index (χ3n) is 6.37. The molecule has 148 valence electrons. The van der Waals surface area contributed by atoms with Crippen LogP contribution in [0.3, 0.4) is 0 Å². The van der Waals surface area contributed by atoms with Crippen LogP contribution in [0, 0.1) is 0 Å². The van der Waals surface area contributed by atoms with E-state index in [2.05, 4.69) is 89.9 Å². The minimum atomic E-state index is 0.765. The molecule has 0 atom stereocenters. The molecule has 1 aliphatic rings. The van der Waals surface area contributed by atoms with Gasteiger partial charge in [-0.2, -0.15) is 0 Å². The zero-order valence-electron chi connectivity index (χ0n) is 17.3. The number of nitrogens with zero attached hydrogens (tertiary/aromatic N) is 1. The molecule has 3 aromatic carbocycles. The van der Waals surface area contributed by atoms with Gasteiger partial charge >= 0.3 is 0 Å². The number of pyridine rings is 1. The normalized spacial score (nSPS) is 14.5. The highest BCUT2D eigenvalue weighted by atomic mass is 14.7. The van der Waals surface area contributed by atoms with Crippen molar-refractivity contribution < 1.29 is 0 Å². The van der Waals surface area contributed by atoms with Crippen molar-refractivity contribution in [2.45, 2.75) is 38.0 Å². The van der Waals surface area contributed by atoms with Crippen molar-refractivity contribution in [1.82, 2.24) is 4.98 Å². The van der Waals surface area contributed by atoms with Crippen LogP contribution < -0.4 is 0 Å². The van der Waals surface area contributed by atoms with Crippen molar-refractivity contribution in [2.24, 2.45) is 0 Å². The van der Waals surface area contributed by atoms with Crippen molar-refractivity contribution >= 4 is 0 Å². The molecule has 1 heteroatoms. The maximum absolute atomic E-state index is 4.55. The highest BCUT2D eigenvalue weighted by Gasteiger charge is 2.15. The second kappa shape index (κ2) is 8.67. The molecule has 0 amide bonds. The molecular formula is C29H27N. The summed E-state index contributed by atoms with van der Waals surface area (Å²) in [6.07, 6.45) is 8.78. The molecular weight excluding hydrogens is 362 g/mol. The van der Waals surface area contributed by atoms with E-state index in [1.807, 2.05) is 12.3 Å². The van der Waals surface area contributed by atoms with E-state index in [0.717, 1.165) is 17.2 Å². The molecule has 1 aliphatic carbocycles. The monoisotopic (exact) mass is 389 g/mol. The van der Waals surface area contributed by atoms with Gasteiger partial charge in [0.1, 0.15) is 0 Å². The van der Waals surface area contributed by atoms with Gasteiger partial charge in [-0.25, -0.2) is 0 Å². The molecule has 0 unspecified atom stereocenters. The first-order valence-corrected chi connectivity index (χ1v) is 11.1. The standard InChI is InChI=1S/C29H27N/c1-3-7-22(8-4-1)23-11-13-24(14-12-23)25-15-17-26(18-16-25)28-19-20-30-29(21-28)27-9-5-2-6-10-27/h2,5-6,9-22H,1,3-4,7-8H2. The number of benzene rings is 3. The average Bonchev–Trinajstić information content (AvgIpc) is 2.85. The van der Waals surface area contributed by atoms with E-state index in [1.165, 1.54) is 59.9 Å². The second-order valence-electron chi connectivity index (χ2n) is 8.33. The Morgan fingerprint density at radius 3 is 1.80 bits per heavy atom. The van der Waals surface area contributed by atoms with Gasteiger partial charge in [0, 0.05) is 11.8 Å². The molecule has 0 saturated heterocycles. The number of hydrogen-bond donors (Lipinski definition) is 0. The van der Waals surface area contributed by atoms with Crippen LogP contribution in [0.4, 0.5) is 0 Å². The van der Waals surface area contributed by atoms with E-state index in [1.54, 1.807) is 0 Å². The van der Waals surface area contributed by atoms with Crippen LogP contribution in [-0.4, -0.2) is 4.98 Å². The van der Waals surface area contributed by atoms with Gasteiger partial charge in [0.25, 0.3) is 0 Å². The maximum Gasteiger partial charge on any atom is 0.0708 e. The highest BCUT2D eigenvalue weighted by molar-refractivity contribution is 5.73. The van der Waals surface area contributed by atoms with Gasteiger partial charge in [0.05, 0.1) is 5.69 Å². The van der Waals surface area contributed by atoms with Gasteiger partial charge in [0.2, 0.25) is 0 Å². The van der Waals surface area contributed by atoms with Crippen molar-refractivity contribution in [1.29, 1.82) is 0 Å². The molecule has 4 aromatic rings. The van der Waals surface area contributed by atoms with E-state index < -0.39 is 0 Å². The molecule has 1 nitrogen and oxygen atoms in total. The second-order valence-corrected chi connectivity index (χ2v) is 8.33. The van der Waals surface area contributed by atoms with Crippen LogP contribution in [0.15, 0.2) is 97.2 Å². The van der Waals surface area contributed by atoms with Gasteiger partial charge < -0.3 is 0 Å². The van der Waals surface area contributed by atoms with Crippen LogP contribution in [0.25, 0.3) is 33.5 Å². The fourth-order valence-corrected chi connectivity index (χ4v) is 4.62. The number of hydrogen-bond acceptors (Lipinski definition) is 1. The summed E-state index contributed by atoms with van der Waals surface area (Å²) in [5.41, 5.74) is 8.65. The highest BCUT2D eigenvalue weighted by Crippen LogP contribution is 2.34. The summed E-state index contributed by atoms with van der Waals surface area (Å²) in [6.45, 7) is 0. The Balaban J connectivity index is 1.36. The molecule has 0 N–H and O–H groups in total. The summed E-state index contributed by atoms with van der Waals surface area (Å²) in [4.78, 5) is 4.55. The zero-order valence-corrected chi connectivity index (χ0v) is 17.3. The first-order valence-electron chi connectivity index (χ1n) is 11.1. The average molecular weight is 390 g/mol. The summed E-state index contributed by atoms with van der Waals surface area (Å²) >= 11 is 0. The third-order valence-corrected chi connectivity index (χ3v) is 6.37. The molecule has 1 saturated carbocycles. The first kappa shape index (κ1) is 18.8. The van der Waals surface area contributed by atoms with E-state index in [9.17, 15) is 0 Å². The molecule has 30 heavy (non-hydrogen) atoms. The Morgan fingerprint density at radius 1 is 0.533 bits per heavy atom. The smallest absolute Gasteiger partial charge is 0.0708 e. The van der Waals surface area contributed by atoms with E-state index in [4.69, 9.17) is 0 Å². The molecule has 0 spiro atoms. The molecule has 0 aliphatic heterocycles. The lowest BCUT2D eigenvalue weighted by Crippen LogP contribution is -2.04. The summed E-state index contributed by atoms with van der Waals surface area (Å²) in [5, 5.41) is 0. The van der Waals surface area contributed by atoms with Crippen molar-refractivity contribution in [3.05, 3.63) is 103 Å². The minimum Gasteiger partial charge on any atom is -0.256 e. The molecule has 1 fully saturated rings. The van der Waals surface area contributed by atoms with E-state index in [0.29, 0.717) is 0 Å². The SMILES string of the molecule is c1ccc(-c2cc(-c3ccc(-c4ccc(C5CCCCC5)cc4)cc3)ccn2)cc1. The summed E-state index contributed by atoms with van der Waals surface area (Å²) in [7, 11) is 0. The van der Waals surface area contributed by atoms with E-state index >= 15 is 0 Å². The van der Waals surface area contributed by atoms with Crippen LogP contribution in [0.5, 0.6) is 0 Å². The van der Waals surface area contributed by atoms with Gasteiger partial charge in [0.15, 0.2) is 0 Å². The minimum absolute atomic E-state index is 0.765. The van der Waals surface area contributed by atoms with Gasteiger partial charge in [-0.15, -0.1) is 0 Å². The molecule has 1 aromatic heterocycles. The summed E-state index contributed by atoms with van der Waals surface area (Å²) < 4.78 is 0. The Kier molecular flexibility index (Phi) is 5.44. The zero-order chi connectivity index (χ0) is 20.2. The summed E-state index contributed by atoms with van der Waals surface area (Å²) in [5.74, 6) is 0.765. The third kappa shape index (κ3) is 4.07. The number of rotatable bonds is 4. The maximum atomic E-state index is 4.55. The van der Waals surface area contributed by atoms with Crippen molar-refractivity contribution in [3.63, 3.8) is 0 Å². The Labute approximate surface area is 179 Å². The largest absolute Gasteiger partial charge is 0.256 e. The molecule has 1 heterocycles. The fraction of sp³-hybridized carbons (Fsp3) is 0.207. The topological polar surface area (TPSA) is 12.9 Å². The fourth-order valence-electron chi connectivity index (χ4n) is 4.62. The lowest BCUT2D eigenvalue weighted by Gasteiger charge is -2.22. The van der Waals surface area contributed by atoms with Crippen LogP contribution >= 0.6 is 0 Å². The summed E-state index contributed by atoms with van der Waals surface area (Å²) in [6, 6.07) is 32.8. The Bertz CT molecular complexity index is 1090. The van der Waals surface area contributed by atoms with Crippen molar-refractivity contribution in [3.8, 4) is 33.5 Å². The van der Waals surface area contributed by atoms with Crippen molar-refractivity contribution in [2.75, 3.05) is 0 Å². The van der Waals surface area contributed by atoms with E-state index in [-0.39, 0.29) is 0 Å². The van der Waals surface area contributed by atoms with Gasteiger partial charge in [-0.3, -0.25) is 4.98 Å². The van der Waals surface area contributed by atoms with Crippen LogP contribution in [0.1, 0.15) is 43.6 Å². The Hall–Kier alpha value is -3.19. The Morgan fingerprint density at radius 2 is 1.13 bits per heavy atom. The first-order chi connectivity index (χ1) is 14.9.